The zero-order chi connectivity index (χ0) is 9.47. The average Bonchev–Trinajstić information content (AvgIpc) is 2.72. The molecule has 1 aliphatic carbocycles. The Hall–Kier alpha value is -1.03. The van der Waals surface area contributed by atoms with E-state index >= 15 is 0 Å². The lowest BCUT2D eigenvalue weighted by Crippen LogP contribution is -2.34. The van der Waals surface area contributed by atoms with E-state index in [0.717, 1.165) is 12.2 Å². The summed E-state index contributed by atoms with van der Waals surface area (Å²) < 4.78 is 1.93. The Morgan fingerprint density at radius 2 is 2.31 bits per heavy atom. The molecule has 0 radical (unpaired) electrons. The highest BCUT2D eigenvalue weighted by Crippen LogP contribution is 2.41. The molecular formula is C9H16N4. The molecule has 0 spiro atoms. The van der Waals surface area contributed by atoms with Gasteiger partial charge >= 0.3 is 0 Å². The molecule has 4 nitrogen and oxygen atoms in total. The molecule has 72 valence electrons. The molecule has 0 saturated heterocycles. The number of hydrogen-bond donors (Lipinski definition) is 1. The van der Waals surface area contributed by atoms with Gasteiger partial charge in [-0.2, -0.15) is 5.10 Å². The number of nitrogens with zero attached hydrogens (tertiary/aromatic N) is 3. The molecule has 4 heteroatoms. The summed E-state index contributed by atoms with van der Waals surface area (Å²) in [6.45, 7) is 0.956. The first kappa shape index (κ1) is 8.56. The maximum Gasteiger partial charge on any atom is 0.0719 e. The SMILES string of the molecule is CN(C)C1(Cn2cc(N)cn2)CC1. The summed E-state index contributed by atoms with van der Waals surface area (Å²) in [6.07, 6.45) is 6.12. The number of nitrogens with two attached hydrogens (primary N) is 1. The van der Waals surface area contributed by atoms with Gasteiger partial charge in [0.25, 0.3) is 0 Å². The van der Waals surface area contributed by atoms with Gasteiger partial charge in [-0.25, -0.2) is 0 Å². The van der Waals surface area contributed by atoms with E-state index in [0.29, 0.717) is 5.54 Å². The molecule has 1 fully saturated rings. The Morgan fingerprint density at radius 1 is 1.62 bits per heavy atom. The largest absolute Gasteiger partial charge is 0.396 e. The number of rotatable bonds is 3. The van der Waals surface area contributed by atoms with Crippen LogP contribution in [0.1, 0.15) is 12.8 Å². The van der Waals surface area contributed by atoms with Gasteiger partial charge in [0.05, 0.1) is 18.4 Å². The monoisotopic (exact) mass is 180 g/mol. The summed E-state index contributed by atoms with van der Waals surface area (Å²) in [4.78, 5) is 2.28. The average molecular weight is 180 g/mol. The summed E-state index contributed by atoms with van der Waals surface area (Å²) in [5, 5.41) is 4.19. The van der Waals surface area contributed by atoms with Crippen LogP contribution in [0.2, 0.25) is 0 Å². The topological polar surface area (TPSA) is 47.1 Å². The van der Waals surface area contributed by atoms with Crippen LogP contribution in [-0.2, 0) is 6.54 Å². The second-order valence-electron chi connectivity index (χ2n) is 4.09. The Kier molecular flexibility index (Phi) is 1.80. The predicted molar refractivity (Wildman–Crippen MR) is 52.3 cm³/mol. The van der Waals surface area contributed by atoms with Crippen molar-refractivity contribution in [2.45, 2.75) is 24.9 Å². The highest BCUT2D eigenvalue weighted by Gasteiger charge is 2.45. The van der Waals surface area contributed by atoms with Crippen LogP contribution in [0, 0.1) is 0 Å². The summed E-state index contributed by atoms with van der Waals surface area (Å²) in [7, 11) is 4.25. The van der Waals surface area contributed by atoms with E-state index < -0.39 is 0 Å². The number of hydrogen-bond acceptors (Lipinski definition) is 3. The van der Waals surface area contributed by atoms with Gasteiger partial charge in [-0.15, -0.1) is 0 Å². The molecule has 0 atom stereocenters. The minimum Gasteiger partial charge on any atom is -0.396 e. The van der Waals surface area contributed by atoms with Crippen LogP contribution in [0.5, 0.6) is 0 Å². The van der Waals surface area contributed by atoms with Gasteiger partial charge < -0.3 is 10.6 Å². The fraction of sp³-hybridized carbons (Fsp3) is 0.667. The maximum atomic E-state index is 5.60. The minimum atomic E-state index is 0.346. The number of nitrogen functional groups attached to an aromatic ring is 1. The van der Waals surface area contributed by atoms with Gasteiger partial charge in [0, 0.05) is 11.7 Å². The van der Waals surface area contributed by atoms with Crippen molar-refractivity contribution in [2.24, 2.45) is 0 Å². The van der Waals surface area contributed by atoms with Gasteiger partial charge in [0.15, 0.2) is 0 Å². The molecule has 1 aromatic heterocycles. The van der Waals surface area contributed by atoms with Gasteiger partial charge in [-0.05, 0) is 26.9 Å². The quantitative estimate of drug-likeness (QED) is 0.739. The van der Waals surface area contributed by atoms with E-state index in [9.17, 15) is 0 Å². The fourth-order valence-corrected chi connectivity index (χ4v) is 1.66. The Balaban J connectivity index is 2.06. The van der Waals surface area contributed by atoms with Crippen molar-refractivity contribution < 1.29 is 0 Å². The number of likely N-dealkylation sites (N-methyl/N-ethyl adjacent to an activating group) is 1. The predicted octanol–water partition coefficient (Wildman–Crippen LogP) is 0.559. The molecule has 1 aliphatic rings. The second kappa shape index (κ2) is 2.73. The second-order valence-corrected chi connectivity index (χ2v) is 4.09. The first-order valence-corrected chi connectivity index (χ1v) is 4.58. The zero-order valence-electron chi connectivity index (χ0n) is 8.20. The lowest BCUT2D eigenvalue weighted by molar-refractivity contribution is 0.234. The van der Waals surface area contributed by atoms with E-state index in [-0.39, 0.29) is 0 Å². The molecule has 2 N–H and O–H groups in total. The summed E-state index contributed by atoms with van der Waals surface area (Å²) >= 11 is 0. The van der Waals surface area contributed by atoms with Crippen molar-refractivity contribution in [3.63, 3.8) is 0 Å². The van der Waals surface area contributed by atoms with E-state index in [1.807, 2.05) is 10.9 Å². The summed E-state index contributed by atoms with van der Waals surface area (Å²) in [5.74, 6) is 0. The lowest BCUT2D eigenvalue weighted by Gasteiger charge is -2.23. The molecule has 0 aliphatic heterocycles. The molecular weight excluding hydrogens is 164 g/mol. The molecule has 13 heavy (non-hydrogen) atoms. The third-order valence-electron chi connectivity index (χ3n) is 2.89. The van der Waals surface area contributed by atoms with E-state index in [1.165, 1.54) is 12.8 Å². The van der Waals surface area contributed by atoms with Gasteiger partial charge in [-0.1, -0.05) is 0 Å². The fourth-order valence-electron chi connectivity index (χ4n) is 1.66. The summed E-state index contributed by atoms with van der Waals surface area (Å²) in [5.41, 5.74) is 6.69. The van der Waals surface area contributed by atoms with Gasteiger partial charge in [0.1, 0.15) is 0 Å². The Morgan fingerprint density at radius 3 is 2.69 bits per heavy atom. The molecule has 0 unspecified atom stereocenters. The third-order valence-corrected chi connectivity index (χ3v) is 2.89. The van der Waals surface area contributed by atoms with Crippen molar-refractivity contribution in [1.82, 2.24) is 14.7 Å². The Labute approximate surface area is 78.3 Å². The third kappa shape index (κ3) is 1.54. The van der Waals surface area contributed by atoms with E-state index in [1.54, 1.807) is 6.20 Å². The van der Waals surface area contributed by atoms with Crippen LogP contribution < -0.4 is 5.73 Å². The smallest absolute Gasteiger partial charge is 0.0719 e. The van der Waals surface area contributed by atoms with Gasteiger partial charge in [-0.3, -0.25) is 4.68 Å². The highest BCUT2D eigenvalue weighted by molar-refractivity contribution is 5.30. The van der Waals surface area contributed by atoms with Crippen molar-refractivity contribution in [2.75, 3.05) is 19.8 Å². The number of aromatic nitrogens is 2. The van der Waals surface area contributed by atoms with Gasteiger partial charge in [0.2, 0.25) is 0 Å². The van der Waals surface area contributed by atoms with Crippen molar-refractivity contribution >= 4 is 5.69 Å². The molecule has 0 aromatic carbocycles. The van der Waals surface area contributed by atoms with Crippen LogP contribution in [-0.4, -0.2) is 34.3 Å². The Bertz CT molecular complexity index is 298. The zero-order valence-corrected chi connectivity index (χ0v) is 8.20. The lowest BCUT2D eigenvalue weighted by atomic mass is 10.2. The molecule has 1 heterocycles. The minimum absolute atomic E-state index is 0.346. The molecule has 2 rings (SSSR count). The molecule has 1 saturated carbocycles. The van der Waals surface area contributed by atoms with Crippen molar-refractivity contribution in [3.8, 4) is 0 Å². The van der Waals surface area contributed by atoms with Crippen LogP contribution in [0.4, 0.5) is 5.69 Å². The van der Waals surface area contributed by atoms with Crippen LogP contribution in [0.15, 0.2) is 12.4 Å². The maximum absolute atomic E-state index is 5.60. The van der Waals surface area contributed by atoms with Crippen molar-refractivity contribution in [3.05, 3.63) is 12.4 Å². The van der Waals surface area contributed by atoms with Crippen LogP contribution in [0.3, 0.4) is 0 Å². The van der Waals surface area contributed by atoms with E-state index in [4.69, 9.17) is 5.73 Å². The highest BCUT2D eigenvalue weighted by atomic mass is 15.3. The standard InChI is InChI=1S/C9H16N4/c1-12(2)9(3-4-9)7-13-6-8(10)5-11-13/h5-6H,3-4,7,10H2,1-2H3. The summed E-state index contributed by atoms with van der Waals surface area (Å²) in [6, 6.07) is 0. The first-order valence-electron chi connectivity index (χ1n) is 4.58. The van der Waals surface area contributed by atoms with Crippen molar-refractivity contribution in [1.29, 1.82) is 0 Å². The molecule has 0 bridgehead atoms. The first-order chi connectivity index (χ1) is 6.12. The van der Waals surface area contributed by atoms with Crippen LogP contribution >= 0.6 is 0 Å². The number of anilines is 1. The normalized spacial score (nSPS) is 19.3. The van der Waals surface area contributed by atoms with E-state index in [2.05, 4.69) is 24.1 Å². The van der Waals surface area contributed by atoms with Crippen LogP contribution in [0.25, 0.3) is 0 Å². The molecule has 1 aromatic rings. The molecule has 0 amide bonds.